The maximum Gasteiger partial charge on any atom is 0.317 e. The lowest BCUT2D eigenvalue weighted by molar-refractivity contribution is -0.137. The lowest BCUT2D eigenvalue weighted by Gasteiger charge is -2.17. The van der Waals surface area contributed by atoms with Crippen molar-refractivity contribution in [1.29, 1.82) is 0 Å². The van der Waals surface area contributed by atoms with Gasteiger partial charge in [-0.05, 0) is 25.7 Å². The molecule has 0 bridgehead atoms. The summed E-state index contributed by atoms with van der Waals surface area (Å²) in [5.74, 6) is -0.822. The first-order chi connectivity index (χ1) is 9.49. The number of amides is 3. The molecule has 7 nitrogen and oxygen atoms in total. The summed E-state index contributed by atoms with van der Waals surface area (Å²) in [5, 5.41) is 14.1. The first-order valence-electron chi connectivity index (χ1n) is 6.99. The monoisotopic (exact) mass is 285 g/mol. The highest BCUT2D eigenvalue weighted by atomic mass is 16.4. The molecule has 0 spiro atoms. The Kier molecular flexibility index (Phi) is 6.83. The second-order valence-electron chi connectivity index (χ2n) is 5.10. The number of hydrogen-bond donors (Lipinski definition) is 3. The Balaban J connectivity index is 2.00. The molecular formula is C13H23N3O4. The van der Waals surface area contributed by atoms with E-state index in [9.17, 15) is 14.4 Å². The molecule has 1 rings (SSSR count). The molecule has 0 atom stereocenters. The number of aliphatic carboxylic acids is 1. The van der Waals surface area contributed by atoms with Gasteiger partial charge in [-0.1, -0.05) is 0 Å². The largest absolute Gasteiger partial charge is 0.481 e. The van der Waals surface area contributed by atoms with Crippen LogP contribution in [0.3, 0.4) is 0 Å². The van der Waals surface area contributed by atoms with E-state index in [0.717, 1.165) is 12.8 Å². The number of carboxylic acids is 1. The molecular weight excluding hydrogens is 262 g/mol. The Morgan fingerprint density at radius 1 is 1.20 bits per heavy atom. The Bertz CT molecular complexity index is 356. The van der Waals surface area contributed by atoms with E-state index in [4.69, 9.17) is 5.11 Å². The number of urea groups is 1. The van der Waals surface area contributed by atoms with Crippen molar-refractivity contribution in [2.24, 2.45) is 0 Å². The van der Waals surface area contributed by atoms with Crippen molar-refractivity contribution in [2.45, 2.75) is 44.6 Å². The van der Waals surface area contributed by atoms with Gasteiger partial charge in [0.05, 0.1) is 0 Å². The van der Waals surface area contributed by atoms with E-state index in [1.807, 2.05) is 0 Å². The van der Waals surface area contributed by atoms with Crippen LogP contribution in [0.2, 0.25) is 0 Å². The summed E-state index contributed by atoms with van der Waals surface area (Å²) >= 11 is 0. The lowest BCUT2D eigenvalue weighted by Crippen LogP contribution is -2.38. The lowest BCUT2D eigenvalue weighted by atomic mass is 10.3. The molecule has 0 heterocycles. The van der Waals surface area contributed by atoms with Crippen molar-refractivity contribution in [3.8, 4) is 0 Å². The Morgan fingerprint density at radius 3 is 2.50 bits per heavy atom. The van der Waals surface area contributed by atoms with Crippen molar-refractivity contribution in [3.05, 3.63) is 0 Å². The highest BCUT2D eigenvalue weighted by molar-refractivity contribution is 5.77. The van der Waals surface area contributed by atoms with Crippen molar-refractivity contribution in [1.82, 2.24) is 15.5 Å². The molecule has 1 aliphatic carbocycles. The van der Waals surface area contributed by atoms with E-state index in [2.05, 4.69) is 10.6 Å². The fraction of sp³-hybridized carbons (Fsp3) is 0.769. The number of hydrogen-bond acceptors (Lipinski definition) is 3. The Morgan fingerprint density at radius 2 is 1.90 bits per heavy atom. The minimum atomic E-state index is -0.861. The third kappa shape index (κ3) is 7.60. The molecule has 3 N–H and O–H groups in total. The van der Waals surface area contributed by atoms with E-state index >= 15 is 0 Å². The topological polar surface area (TPSA) is 98.7 Å². The number of carbonyl (C=O) groups excluding carboxylic acids is 2. The number of carbonyl (C=O) groups is 3. The molecule has 3 amide bonds. The van der Waals surface area contributed by atoms with Gasteiger partial charge < -0.3 is 20.6 Å². The zero-order chi connectivity index (χ0) is 15.0. The van der Waals surface area contributed by atoms with Gasteiger partial charge in [-0.15, -0.1) is 0 Å². The van der Waals surface area contributed by atoms with Crippen molar-refractivity contribution in [3.63, 3.8) is 0 Å². The van der Waals surface area contributed by atoms with Gasteiger partial charge in [-0.2, -0.15) is 0 Å². The summed E-state index contributed by atoms with van der Waals surface area (Å²) in [6, 6.07) is 0.135. The molecule has 1 fully saturated rings. The first kappa shape index (κ1) is 16.3. The third-order valence-electron chi connectivity index (χ3n) is 3.03. The van der Waals surface area contributed by atoms with E-state index < -0.39 is 5.97 Å². The molecule has 20 heavy (non-hydrogen) atoms. The van der Waals surface area contributed by atoms with E-state index in [1.165, 1.54) is 4.90 Å². The van der Waals surface area contributed by atoms with Gasteiger partial charge in [0.1, 0.15) is 0 Å². The minimum Gasteiger partial charge on any atom is -0.481 e. The van der Waals surface area contributed by atoms with Gasteiger partial charge in [0.25, 0.3) is 0 Å². The third-order valence-corrected chi connectivity index (χ3v) is 3.03. The van der Waals surface area contributed by atoms with Gasteiger partial charge in [-0.3, -0.25) is 9.59 Å². The predicted octanol–water partition coefficient (Wildman–Crippen LogP) is 0.551. The fourth-order valence-electron chi connectivity index (χ4n) is 1.68. The number of rotatable bonds is 9. The van der Waals surface area contributed by atoms with Crippen LogP contribution in [0.1, 0.15) is 38.5 Å². The quantitative estimate of drug-likeness (QED) is 0.539. The molecule has 1 saturated carbocycles. The standard InChI is InChI=1S/C13H23N3O4/c1-16(9-3-5-12(18)19)13(20)14-8-2-4-11(17)15-10-6-7-10/h10H,2-9H2,1H3,(H,14,20)(H,15,17)(H,18,19). The van der Waals surface area contributed by atoms with Gasteiger partial charge in [0, 0.05) is 39.0 Å². The Labute approximate surface area is 118 Å². The van der Waals surface area contributed by atoms with Crippen LogP contribution in [0.4, 0.5) is 4.79 Å². The van der Waals surface area contributed by atoms with Gasteiger partial charge in [0.2, 0.25) is 5.91 Å². The zero-order valence-electron chi connectivity index (χ0n) is 11.9. The van der Waals surface area contributed by atoms with Crippen molar-refractivity contribution in [2.75, 3.05) is 20.1 Å². The molecule has 0 aromatic heterocycles. The predicted molar refractivity (Wildman–Crippen MR) is 73.3 cm³/mol. The SMILES string of the molecule is CN(CCCC(=O)O)C(=O)NCCCC(=O)NC1CC1. The summed E-state index contributed by atoms with van der Waals surface area (Å²) < 4.78 is 0. The van der Waals surface area contributed by atoms with Crippen LogP contribution in [-0.2, 0) is 9.59 Å². The maximum atomic E-state index is 11.6. The highest BCUT2D eigenvalue weighted by Gasteiger charge is 2.22. The normalized spacial score (nSPS) is 13.7. The average Bonchev–Trinajstić information content (AvgIpc) is 3.17. The molecule has 0 aromatic carbocycles. The minimum absolute atomic E-state index is 0.0385. The molecule has 0 radical (unpaired) electrons. The first-order valence-corrected chi connectivity index (χ1v) is 6.99. The smallest absolute Gasteiger partial charge is 0.317 e. The fourth-order valence-corrected chi connectivity index (χ4v) is 1.68. The summed E-state index contributed by atoms with van der Waals surface area (Å²) in [6.45, 7) is 0.848. The zero-order valence-corrected chi connectivity index (χ0v) is 11.9. The van der Waals surface area contributed by atoms with Gasteiger partial charge in [-0.25, -0.2) is 4.79 Å². The molecule has 7 heteroatoms. The summed E-state index contributed by atoms with van der Waals surface area (Å²) in [5.41, 5.74) is 0. The number of nitrogens with zero attached hydrogens (tertiary/aromatic N) is 1. The van der Waals surface area contributed by atoms with E-state index in [0.29, 0.717) is 38.4 Å². The molecule has 114 valence electrons. The van der Waals surface area contributed by atoms with Crippen LogP contribution >= 0.6 is 0 Å². The molecule has 1 aliphatic rings. The molecule has 0 aliphatic heterocycles. The summed E-state index contributed by atoms with van der Waals surface area (Å²) in [4.78, 5) is 34.8. The molecule has 0 aromatic rings. The summed E-state index contributed by atoms with van der Waals surface area (Å²) in [7, 11) is 1.62. The van der Waals surface area contributed by atoms with Crippen molar-refractivity contribution < 1.29 is 19.5 Å². The van der Waals surface area contributed by atoms with Crippen LogP contribution < -0.4 is 10.6 Å². The van der Waals surface area contributed by atoms with Crippen LogP contribution in [0.25, 0.3) is 0 Å². The van der Waals surface area contributed by atoms with E-state index in [-0.39, 0.29) is 18.4 Å². The highest BCUT2D eigenvalue weighted by Crippen LogP contribution is 2.18. The van der Waals surface area contributed by atoms with Crippen LogP contribution in [0.5, 0.6) is 0 Å². The van der Waals surface area contributed by atoms with Gasteiger partial charge >= 0.3 is 12.0 Å². The summed E-state index contributed by atoms with van der Waals surface area (Å²) in [6.07, 6.45) is 3.65. The van der Waals surface area contributed by atoms with Crippen molar-refractivity contribution >= 4 is 17.9 Å². The van der Waals surface area contributed by atoms with Crippen LogP contribution in [-0.4, -0.2) is 54.1 Å². The van der Waals surface area contributed by atoms with Crippen LogP contribution in [0.15, 0.2) is 0 Å². The molecule has 0 unspecified atom stereocenters. The Hall–Kier alpha value is -1.79. The maximum absolute atomic E-state index is 11.6. The second kappa shape index (κ2) is 8.39. The second-order valence-corrected chi connectivity index (χ2v) is 5.10. The van der Waals surface area contributed by atoms with Gasteiger partial charge in [0.15, 0.2) is 0 Å². The number of nitrogens with one attached hydrogen (secondary N) is 2. The van der Waals surface area contributed by atoms with E-state index in [1.54, 1.807) is 7.05 Å². The van der Waals surface area contributed by atoms with Crippen LogP contribution in [0, 0.1) is 0 Å². The number of carboxylic acid groups (broad SMARTS) is 1. The molecule has 0 saturated heterocycles. The average molecular weight is 285 g/mol.